The van der Waals surface area contributed by atoms with Crippen LogP contribution >= 0.6 is 12.6 Å². The van der Waals surface area contributed by atoms with E-state index >= 15 is 0 Å². The van der Waals surface area contributed by atoms with Crippen molar-refractivity contribution >= 4 is 24.4 Å². The van der Waals surface area contributed by atoms with Gasteiger partial charge in [-0.05, 0) is 0 Å². The first kappa shape index (κ1) is 11.5. The van der Waals surface area contributed by atoms with Gasteiger partial charge in [0.15, 0.2) is 5.82 Å². The van der Waals surface area contributed by atoms with Gasteiger partial charge in [-0.15, -0.1) is 0 Å². The van der Waals surface area contributed by atoms with Gasteiger partial charge in [0.2, 0.25) is 5.91 Å². The molecule has 0 aliphatic carbocycles. The summed E-state index contributed by atoms with van der Waals surface area (Å²) in [6.07, 6.45) is 0.501. The van der Waals surface area contributed by atoms with Crippen LogP contribution in [-0.4, -0.2) is 27.9 Å². The van der Waals surface area contributed by atoms with Crippen molar-refractivity contribution in [3.05, 3.63) is 11.8 Å². The molecule has 1 aromatic heterocycles. The molecule has 5 heteroatoms. The van der Waals surface area contributed by atoms with Crippen molar-refractivity contribution in [3.8, 4) is 0 Å². The van der Waals surface area contributed by atoms with Crippen LogP contribution in [0.4, 0.5) is 5.82 Å². The van der Waals surface area contributed by atoms with E-state index in [0.29, 0.717) is 18.8 Å². The third-order valence-electron chi connectivity index (χ3n) is 2.75. The largest absolute Gasteiger partial charge is 0.294 e. The zero-order valence-corrected chi connectivity index (χ0v) is 10.7. The molecule has 1 aromatic rings. The van der Waals surface area contributed by atoms with Crippen LogP contribution in [0.25, 0.3) is 0 Å². The van der Waals surface area contributed by atoms with Crippen LogP contribution in [0, 0.1) is 0 Å². The van der Waals surface area contributed by atoms with Crippen molar-refractivity contribution in [1.29, 1.82) is 0 Å². The first-order valence-electron chi connectivity index (χ1n) is 5.42. The van der Waals surface area contributed by atoms with Crippen molar-refractivity contribution in [3.63, 3.8) is 0 Å². The Bertz CT molecular complexity index is 408. The molecule has 0 aromatic carbocycles. The van der Waals surface area contributed by atoms with E-state index < -0.39 is 0 Å². The molecule has 1 atom stereocenters. The highest BCUT2D eigenvalue weighted by atomic mass is 32.1. The summed E-state index contributed by atoms with van der Waals surface area (Å²) >= 11 is 4.32. The lowest BCUT2D eigenvalue weighted by molar-refractivity contribution is -0.117. The highest BCUT2D eigenvalue weighted by Gasteiger charge is 2.30. The van der Waals surface area contributed by atoms with Crippen LogP contribution in [0.15, 0.2) is 6.07 Å². The van der Waals surface area contributed by atoms with Gasteiger partial charge in [-0.1, -0.05) is 20.8 Å². The summed E-state index contributed by atoms with van der Waals surface area (Å²) in [6.45, 7) is 6.98. The van der Waals surface area contributed by atoms with Crippen LogP contribution in [0.1, 0.15) is 32.9 Å². The fourth-order valence-electron chi connectivity index (χ4n) is 1.74. The quantitative estimate of drug-likeness (QED) is 0.733. The standard InChI is InChI=1S/C11H17N3OS/c1-11(2,3)8-5-9(13-12-8)14-6-7(16)4-10(14)15/h5,7,16H,4,6H2,1-3H3,(H,12,13). The van der Waals surface area contributed by atoms with E-state index in [1.165, 1.54) is 0 Å². The third kappa shape index (κ3) is 2.09. The number of hydrogen-bond donors (Lipinski definition) is 2. The number of nitrogens with zero attached hydrogens (tertiary/aromatic N) is 2. The molecule has 2 heterocycles. The average molecular weight is 239 g/mol. The Labute approximate surface area is 101 Å². The second-order valence-corrected chi connectivity index (χ2v) is 5.98. The fraction of sp³-hybridized carbons (Fsp3) is 0.636. The highest BCUT2D eigenvalue weighted by molar-refractivity contribution is 7.81. The minimum Gasteiger partial charge on any atom is -0.294 e. The number of aromatic amines is 1. The van der Waals surface area contributed by atoms with Gasteiger partial charge in [0.1, 0.15) is 0 Å². The number of rotatable bonds is 1. The van der Waals surface area contributed by atoms with Crippen LogP contribution in [0.2, 0.25) is 0 Å². The van der Waals surface area contributed by atoms with E-state index in [9.17, 15) is 4.79 Å². The summed E-state index contributed by atoms with van der Waals surface area (Å²) in [5.41, 5.74) is 1.06. The highest BCUT2D eigenvalue weighted by Crippen LogP contribution is 2.27. The predicted molar refractivity (Wildman–Crippen MR) is 67.0 cm³/mol. The molecule has 1 unspecified atom stereocenters. The Balaban J connectivity index is 2.23. The Kier molecular flexibility index (Phi) is 2.74. The monoisotopic (exact) mass is 239 g/mol. The molecule has 1 aliphatic rings. The van der Waals surface area contributed by atoms with Crippen LogP contribution in [0.5, 0.6) is 0 Å². The van der Waals surface area contributed by atoms with Gasteiger partial charge >= 0.3 is 0 Å². The molecule has 0 bridgehead atoms. The molecule has 1 fully saturated rings. The van der Waals surface area contributed by atoms with Crippen molar-refractivity contribution < 1.29 is 4.79 Å². The number of hydrogen-bond acceptors (Lipinski definition) is 3. The van der Waals surface area contributed by atoms with Gasteiger partial charge in [0.25, 0.3) is 0 Å². The number of anilines is 1. The molecule has 1 amide bonds. The maximum Gasteiger partial charge on any atom is 0.229 e. The molecule has 88 valence electrons. The lowest BCUT2D eigenvalue weighted by atomic mass is 9.92. The molecular weight excluding hydrogens is 222 g/mol. The molecule has 1 saturated heterocycles. The second-order valence-electron chi connectivity index (χ2n) is 5.25. The number of amides is 1. The number of nitrogens with one attached hydrogen (secondary N) is 1. The lowest BCUT2D eigenvalue weighted by Crippen LogP contribution is -2.24. The molecule has 0 radical (unpaired) electrons. The average Bonchev–Trinajstić information content (AvgIpc) is 2.70. The van der Waals surface area contributed by atoms with E-state index in [4.69, 9.17) is 0 Å². The van der Waals surface area contributed by atoms with Gasteiger partial charge < -0.3 is 0 Å². The van der Waals surface area contributed by atoms with E-state index in [-0.39, 0.29) is 16.6 Å². The van der Waals surface area contributed by atoms with Gasteiger partial charge in [0, 0.05) is 35.4 Å². The summed E-state index contributed by atoms with van der Waals surface area (Å²) in [6, 6.07) is 1.95. The molecule has 0 spiro atoms. The number of aromatic nitrogens is 2. The molecule has 16 heavy (non-hydrogen) atoms. The first-order valence-corrected chi connectivity index (χ1v) is 5.94. The summed E-state index contributed by atoms with van der Waals surface area (Å²) < 4.78 is 0. The van der Waals surface area contributed by atoms with Crippen molar-refractivity contribution in [2.45, 2.75) is 37.9 Å². The zero-order chi connectivity index (χ0) is 11.9. The Morgan fingerprint density at radius 1 is 1.56 bits per heavy atom. The fourth-order valence-corrected chi connectivity index (χ4v) is 2.06. The van der Waals surface area contributed by atoms with Gasteiger partial charge in [-0.25, -0.2) is 0 Å². The van der Waals surface area contributed by atoms with Crippen LogP contribution < -0.4 is 4.90 Å². The molecule has 2 rings (SSSR count). The van der Waals surface area contributed by atoms with Crippen LogP contribution in [-0.2, 0) is 10.2 Å². The van der Waals surface area contributed by atoms with E-state index in [2.05, 4.69) is 43.6 Å². The molecule has 0 saturated carbocycles. The van der Waals surface area contributed by atoms with Gasteiger partial charge in [-0.3, -0.25) is 14.8 Å². The predicted octanol–water partition coefficient (Wildman–Crippen LogP) is 1.74. The minimum absolute atomic E-state index is 0.0222. The molecular formula is C11H17N3OS. The normalized spacial score (nSPS) is 21.9. The maximum absolute atomic E-state index is 11.7. The topological polar surface area (TPSA) is 49.0 Å². The number of thiol groups is 1. The molecule has 1 aliphatic heterocycles. The van der Waals surface area contributed by atoms with Crippen LogP contribution in [0.3, 0.4) is 0 Å². The number of carbonyl (C=O) groups excluding carboxylic acids is 1. The van der Waals surface area contributed by atoms with E-state index in [1.54, 1.807) is 4.90 Å². The molecule has 1 N–H and O–H groups in total. The summed E-state index contributed by atoms with van der Waals surface area (Å²) in [4.78, 5) is 13.4. The lowest BCUT2D eigenvalue weighted by Gasteiger charge is -2.15. The Morgan fingerprint density at radius 2 is 2.25 bits per heavy atom. The maximum atomic E-state index is 11.7. The van der Waals surface area contributed by atoms with E-state index in [1.807, 2.05) is 6.07 Å². The summed E-state index contributed by atoms with van der Waals surface area (Å²) in [5.74, 6) is 0.818. The summed E-state index contributed by atoms with van der Waals surface area (Å²) in [7, 11) is 0. The first-order chi connectivity index (χ1) is 7.38. The Hall–Kier alpha value is -0.970. The van der Waals surface area contributed by atoms with Gasteiger partial charge in [-0.2, -0.15) is 17.7 Å². The van der Waals surface area contributed by atoms with Crippen molar-refractivity contribution in [2.24, 2.45) is 0 Å². The molecule has 4 nitrogen and oxygen atoms in total. The van der Waals surface area contributed by atoms with E-state index in [0.717, 1.165) is 5.69 Å². The number of H-pyrrole nitrogens is 1. The summed E-state index contributed by atoms with van der Waals surface area (Å²) in [5, 5.41) is 7.31. The van der Waals surface area contributed by atoms with Gasteiger partial charge in [0.05, 0.1) is 0 Å². The minimum atomic E-state index is 0.0222. The number of carbonyl (C=O) groups is 1. The third-order valence-corrected chi connectivity index (χ3v) is 3.10. The smallest absolute Gasteiger partial charge is 0.229 e. The zero-order valence-electron chi connectivity index (χ0n) is 9.82. The second kappa shape index (κ2) is 3.80. The Morgan fingerprint density at radius 3 is 2.69 bits per heavy atom. The van der Waals surface area contributed by atoms with Crippen molar-refractivity contribution in [1.82, 2.24) is 10.2 Å². The SMILES string of the molecule is CC(C)(C)c1cc(N2CC(S)CC2=O)n[nH]1. The van der Waals surface area contributed by atoms with Crippen molar-refractivity contribution in [2.75, 3.05) is 11.4 Å².